The Morgan fingerprint density at radius 3 is 1.91 bits per heavy atom. The molecule has 2 aliphatic heterocycles. The lowest BCUT2D eigenvalue weighted by Gasteiger charge is -2.49. The number of amides is 4. The lowest BCUT2D eigenvalue weighted by molar-refractivity contribution is -0.125. The first-order valence-electron chi connectivity index (χ1n) is 17.4. The number of hydrogen-bond acceptors (Lipinski definition) is 9. The standard InChI is InChI=1S/C39H28Cl2F5N5O6/c1-49(2)19-7-3-17(4-8-19)47-48-18-5-9-20(10-6-18)50-34(53)23-13-12-22-24(26(23)35(50)54)15-38(40)36(55)51(33-31(45)29(43)28(42)30(44)32(33)46)37(56)39(38,41)27(22)25-14-11-21(16-52)57-25/h3-12,14,23-24,26-27,52H,13,15-16H2,1-2H3/t23-,24+,26-,27+,38+,39-/m0/s1. The van der Waals surface area contributed by atoms with Gasteiger partial charge in [-0.3, -0.25) is 24.1 Å². The van der Waals surface area contributed by atoms with E-state index in [-0.39, 0.29) is 34.1 Å². The molecule has 4 amide bonds. The number of aliphatic hydroxyl groups excluding tert-OH is 1. The monoisotopic (exact) mass is 827 g/mol. The first kappa shape index (κ1) is 38.4. The number of imide groups is 2. The number of anilines is 3. The number of carbonyl (C=O) groups excluding carboxylic acids is 4. The van der Waals surface area contributed by atoms with Crippen LogP contribution in [0.15, 0.2) is 87.0 Å². The molecule has 2 saturated heterocycles. The van der Waals surface area contributed by atoms with Crippen molar-refractivity contribution in [2.75, 3.05) is 28.8 Å². The third-order valence-electron chi connectivity index (χ3n) is 11.1. The molecule has 1 saturated carbocycles. The number of aliphatic hydroxyl groups is 1. The summed E-state index contributed by atoms with van der Waals surface area (Å²) in [6, 6.07) is 16.1. The Labute approximate surface area is 329 Å². The fraction of sp³-hybridized carbons (Fsp3) is 0.282. The first-order valence-corrected chi connectivity index (χ1v) is 18.1. The molecule has 11 nitrogen and oxygen atoms in total. The fourth-order valence-electron chi connectivity index (χ4n) is 8.37. The molecule has 6 atom stereocenters. The van der Waals surface area contributed by atoms with Gasteiger partial charge in [0.05, 0.1) is 34.8 Å². The Hall–Kier alpha value is -5.45. The number of fused-ring (bicyclic) bond motifs is 4. The quantitative estimate of drug-likeness (QED) is 0.0384. The van der Waals surface area contributed by atoms with Gasteiger partial charge in [0.25, 0.3) is 11.8 Å². The number of carbonyl (C=O) groups is 4. The minimum atomic E-state index is -2.74. The second-order valence-electron chi connectivity index (χ2n) is 14.3. The van der Waals surface area contributed by atoms with Crippen LogP contribution in [0.3, 0.4) is 0 Å². The van der Waals surface area contributed by atoms with Crippen LogP contribution in [0.2, 0.25) is 0 Å². The van der Waals surface area contributed by atoms with Crippen molar-refractivity contribution in [1.29, 1.82) is 0 Å². The molecule has 0 unspecified atom stereocenters. The molecule has 4 aliphatic rings. The summed E-state index contributed by atoms with van der Waals surface area (Å²) >= 11 is 14.2. The number of nitrogens with zero attached hydrogens (tertiary/aromatic N) is 5. The number of azo groups is 1. The average molecular weight is 829 g/mol. The molecule has 2 aliphatic carbocycles. The summed E-state index contributed by atoms with van der Waals surface area (Å²) < 4.78 is 79.2. The van der Waals surface area contributed by atoms with Gasteiger partial charge in [0, 0.05) is 19.8 Å². The number of allylic oxidation sites excluding steroid dienone is 2. The van der Waals surface area contributed by atoms with Crippen molar-refractivity contribution in [2.24, 2.45) is 28.0 Å². The van der Waals surface area contributed by atoms with Crippen LogP contribution in [-0.2, 0) is 25.8 Å². The molecule has 3 aromatic carbocycles. The number of alkyl halides is 2. The van der Waals surface area contributed by atoms with Crippen molar-refractivity contribution in [3.05, 3.63) is 113 Å². The van der Waals surface area contributed by atoms with E-state index in [1.54, 1.807) is 30.3 Å². The summed E-state index contributed by atoms with van der Waals surface area (Å²) in [4.78, 5) is 54.2. The summed E-state index contributed by atoms with van der Waals surface area (Å²) in [6.45, 7) is -0.628. The van der Waals surface area contributed by atoms with Crippen molar-refractivity contribution in [2.45, 2.75) is 35.1 Å². The molecule has 1 aromatic heterocycles. The van der Waals surface area contributed by atoms with Gasteiger partial charge in [-0.2, -0.15) is 10.2 Å². The van der Waals surface area contributed by atoms with Gasteiger partial charge in [-0.05, 0) is 79.4 Å². The van der Waals surface area contributed by atoms with E-state index in [1.165, 1.54) is 24.3 Å². The molecule has 8 rings (SSSR count). The Bertz CT molecular complexity index is 2430. The Balaban J connectivity index is 1.16. The lowest BCUT2D eigenvalue weighted by Crippen LogP contribution is -2.60. The highest BCUT2D eigenvalue weighted by atomic mass is 35.5. The van der Waals surface area contributed by atoms with Crippen molar-refractivity contribution >= 4 is 75.3 Å². The Morgan fingerprint density at radius 2 is 1.35 bits per heavy atom. The average Bonchev–Trinajstić information content (AvgIpc) is 3.82. The maximum absolute atomic E-state index is 15.2. The number of hydrogen-bond donors (Lipinski definition) is 1. The lowest BCUT2D eigenvalue weighted by atomic mass is 9.57. The summed E-state index contributed by atoms with van der Waals surface area (Å²) in [5, 5.41) is 18.2. The normalized spacial score (nSPS) is 26.9. The van der Waals surface area contributed by atoms with E-state index in [4.69, 9.17) is 27.6 Å². The minimum absolute atomic E-state index is 0.0289. The van der Waals surface area contributed by atoms with E-state index in [1.807, 2.05) is 31.1 Å². The summed E-state index contributed by atoms with van der Waals surface area (Å²) in [5.74, 6) is -22.0. The van der Waals surface area contributed by atoms with E-state index in [0.717, 1.165) is 10.6 Å². The molecule has 3 heterocycles. The number of benzene rings is 3. The minimum Gasteiger partial charge on any atom is -0.463 e. The summed E-state index contributed by atoms with van der Waals surface area (Å²) in [7, 11) is 3.81. The van der Waals surface area contributed by atoms with E-state index in [0.29, 0.717) is 11.4 Å². The van der Waals surface area contributed by atoms with Crippen LogP contribution >= 0.6 is 23.2 Å². The molecule has 0 radical (unpaired) electrons. The third-order valence-corrected chi connectivity index (χ3v) is 12.5. The van der Waals surface area contributed by atoms with Crippen LogP contribution in [0, 0.1) is 46.8 Å². The Morgan fingerprint density at radius 1 is 0.772 bits per heavy atom. The summed E-state index contributed by atoms with van der Waals surface area (Å²) in [5.41, 5.74) is 0.489. The van der Waals surface area contributed by atoms with E-state index < -0.39 is 105 Å². The molecule has 18 heteroatoms. The smallest absolute Gasteiger partial charge is 0.258 e. The zero-order valence-electron chi connectivity index (χ0n) is 29.7. The van der Waals surface area contributed by atoms with Crippen molar-refractivity contribution in [3.63, 3.8) is 0 Å². The highest BCUT2D eigenvalue weighted by molar-refractivity contribution is 6.58. The van der Waals surface area contributed by atoms with Crippen molar-refractivity contribution < 1.29 is 50.7 Å². The molecular weight excluding hydrogens is 800 g/mol. The van der Waals surface area contributed by atoms with Gasteiger partial charge in [-0.1, -0.05) is 11.6 Å². The Kier molecular flexibility index (Phi) is 9.16. The maximum Gasteiger partial charge on any atom is 0.258 e. The second-order valence-corrected chi connectivity index (χ2v) is 15.5. The van der Waals surface area contributed by atoms with E-state index in [9.17, 15) is 37.5 Å². The molecule has 57 heavy (non-hydrogen) atoms. The molecule has 4 aromatic rings. The summed E-state index contributed by atoms with van der Waals surface area (Å²) in [6.07, 6.45) is 0.805. The largest absolute Gasteiger partial charge is 0.463 e. The van der Waals surface area contributed by atoms with Gasteiger partial charge < -0.3 is 14.4 Å². The molecular formula is C39H28Cl2F5N5O6. The van der Waals surface area contributed by atoms with E-state index in [2.05, 4.69) is 10.2 Å². The predicted molar refractivity (Wildman–Crippen MR) is 195 cm³/mol. The topological polar surface area (TPSA) is 136 Å². The number of furan rings is 1. The van der Waals surface area contributed by atoms with Gasteiger partial charge in [0.2, 0.25) is 17.6 Å². The third kappa shape index (κ3) is 5.47. The highest BCUT2D eigenvalue weighted by Gasteiger charge is 2.77. The van der Waals surface area contributed by atoms with Crippen LogP contribution in [0.5, 0.6) is 0 Å². The van der Waals surface area contributed by atoms with E-state index >= 15 is 8.78 Å². The van der Waals surface area contributed by atoms with Gasteiger partial charge in [-0.15, -0.1) is 23.2 Å². The molecule has 0 bridgehead atoms. The van der Waals surface area contributed by atoms with Gasteiger partial charge in [0.15, 0.2) is 33.0 Å². The first-order chi connectivity index (χ1) is 27.0. The molecule has 3 fully saturated rings. The molecule has 1 N–H and O–H groups in total. The SMILES string of the molecule is CN(C)c1ccc(N=Nc2ccc(N3C(=O)[C@H]4[C@H](CC=C5[C@H]4C[C@@]4(Cl)C(=O)N(c6c(F)c(F)c(F)c(F)c6F)C(=O)[C@@]4(Cl)[C@H]5c4ccc(CO)o4)C3=O)cc2)cc1. The zero-order valence-corrected chi connectivity index (χ0v) is 31.2. The van der Waals surface area contributed by atoms with Crippen LogP contribution in [-0.4, -0.2) is 52.6 Å². The maximum atomic E-state index is 15.2. The van der Waals surface area contributed by atoms with Crippen molar-refractivity contribution in [1.82, 2.24) is 0 Å². The number of halogens is 7. The van der Waals surface area contributed by atoms with Crippen LogP contribution in [0.1, 0.15) is 30.3 Å². The second kappa shape index (κ2) is 13.6. The van der Waals surface area contributed by atoms with Gasteiger partial charge in [-0.25, -0.2) is 26.9 Å². The predicted octanol–water partition coefficient (Wildman–Crippen LogP) is 7.72. The van der Waals surface area contributed by atoms with Crippen LogP contribution in [0.4, 0.5) is 50.4 Å². The zero-order chi connectivity index (χ0) is 40.9. The van der Waals surface area contributed by atoms with Crippen LogP contribution < -0.4 is 14.7 Å². The van der Waals surface area contributed by atoms with Gasteiger partial charge >= 0.3 is 0 Å². The highest BCUT2D eigenvalue weighted by Crippen LogP contribution is 2.66. The van der Waals surface area contributed by atoms with Gasteiger partial charge in [0.1, 0.15) is 23.8 Å². The molecule has 294 valence electrons. The molecule has 0 spiro atoms. The fourth-order valence-corrected chi connectivity index (χ4v) is 9.29. The van der Waals surface area contributed by atoms with Crippen molar-refractivity contribution in [3.8, 4) is 0 Å². The van der Waals surface area contributed by atoms with Crippen LogP contribution in [0.25, 0.3) is 0 Å². The number of rotatable bonds is 7.